The van der Waals surface area contributed by atoms with Crippen molar-refractivity contribution in [2.75, 3.05) is 14.2 Å². The molecule has 3 N–H and O–H groups in total. The van der Waals surface area contributed by atoms with Crippen molar-refractivity contribution in [3.8, 4) is 11.5 Å². The van der Waals surface area contributed by atoms with Gasteiger partial charge in [-0.05, 0) is 30.5 Å². The number of primary amides is 1. The van der Waals surface area contributed by atoms with Gasteiger partial charge in [-0.15, -0.1) is 0 Å². The van der Waals surface area contributed by atoms with Crippen molar-refractivity contribution in [1.29, 1.82) is 0 Å². The second-order valence-electron chi connectivity index (χ2n) is 5.21. The average molecular weight is 357 g/mol. The minimum absolute atomic E-state index is 0.336. The highest BCUT2D eigenvalue weighted by atomic mass is 79.9. The minimum atomic E-state index is -0.540. The summed E-state index contributed by atoms with van der Waals surface area (Å²) in [4.78, 5) is 11.9. The van der Waals surface area contributed by atoms with Crippen LogP contribution in [0.15, 0.2) is 16.6 Å². The van der Waals surface area contributed by atoms with Crippen LogP contribution in [0.4, 0.5) is 0 Å². The number of carbonyl (C=O) groups is 1. The molecular formula is C15H21BrN2O3. The van der Waals surface area contributed by atoms with Crippen LogP contribution in [0.25, 0.3) is 0 Å². The van der Waals surface area contributed by atoms with Gasteiger partial charge in [-0.2, -0.15) is 0 Å². The molecule has 0 heterocycles. The van der Waals surface area contributed by atoms with Crippen molar-refractivity contribution < 1.29 is 14.3 Å². The summed E-state index contributed by atoms with van der Waals surface area (Å²) in [6.45, 7) is 0. The maximum atomic E-state index is 11.9. The van der Waals surface area contributed by atoms with Crippen LogP contribution in [0.2, 0.25) is 0 Å². The molecule has 0 spiro atoms. The Kier molecular flexibility index (Phi) is 5.47. The van der Waals surface area contributed by atoms with Crippen molar-refractivity contribution >= 4 is 21.8 Å². The lowest BCUT2D eigenvalue weighted by molar-refractivity contribution is -0.120. The van der Waals surface area contributed by atoms with Crippen molar-refractivity contribution in [2.45, 2.75) is 37.8 Å². The first kappa shape index (κ1) is 16.1. The van der Waals surface area contributed by atoms with Gasteiger partial charge in [0, 0.05) is 10.5 Å². The predicted octanol–water partition coefficient (Wildman–Crippen LogP) is 2.52. The number of ether oxygens (including phenoxy) is 2. The molecule has 1 unspecified atom stereocenters. The summed E-state index contributed by atoms with van der Waals surface area (Å²) in [6.07, 6.45) is 4.54. The van der Waals surface area contributed by atoms with Crippen molar-refractivity contribution in [3.63, 3.8) is 0 Å². The first-order chi connectivity index (χ1) is 10.1. The highest BCUT2D eigenvalue weighted by Gasteiger charge is 2.26. The largest absolute Gasteiger partial charge is 0.493 e. The monoisotopic (exact) mass is 356 g/mol. The van der Waals surface area contributed by atoms with Crippen LogP contribution in [-0.4, -0.2) is 26.2 Å². The average Bonchev–Trinajstić information content (AvgIpc) is 2.97. The molecule has 1 amide bonds. The van der Waals surface area contributed by atoms with Gasteiger partial charge < -0.3 is 15.2 Å². The fraction of sp³-hybridized carbons (Fsp3) is 0.533. The topological polar surface area (TPSA) is 73.6 Å². The van der Waals surface area contributed by atoms with Crippen LogP contribution in [0.3, 0.4) is 0 Å². The number of carbonyl (C=O) groups excluding carboxylic acids is 1. The molecule has 6 heteroatoms. The molecule has 5 nitrogen and oxygen atoms in total. The molecule has 1 atom stereocenters. The fourth-order valence-electron chi connectivity index (χ4n) is 2.74. The van der Waals surface area contributed by atoms with Crippen LogP contribution in [0.5, 0.6) is 11.5 Å². The van der Waals surface area contributed by atoms with E-state index >= 15 is 0 Å². The highest BCUT2D eigenvalue weighted by Crippen LogP contribution is 2.36. The number of methoxy groups -OCH3 is 2. The second kappa shape index (κ2) is 7.13. The number of nitrogens with two attached hydrogens (primary N) is 1. The van der Waals surface area contributed by atoms with E-state index in [1.807, 2.05) is 0 Å². The fourth-order valence-corrected chi connectivity index (χ4v) is 3.30. The lowest BCUT2D eigenvalue weighted by atomic mass is 10.0. The molecule has 1 fully saturated rings. The van der Waals surface area contributed by atoms with Gasteiger partial charge in [0.1, 0.15) is 6.04 Å². The van der Waals surface area contributed by atoms with Crippen LogP contribution in [0.1, 0.15) is 37.3 Å². The Morgan fingerprint density at radius 2 is 1.86 bits per heavy atom. The standard InChI is InChI=1S/C15H21BrN2O3/c1-20-12-7-10(11(16)8-13(12)21-2)14(15(17)19)18-9-5-3-4-6-9/h7-9,14,18H,3-6H2,1-2H3,(H2,17,19). The maximum Gasteiger partial charge on any atom is 0.239 e. The third-order valence-electron chi connectivity index (χ3n) is 3.86. The van der Waals surface area contributed by atoms with Crippen LogP contribution in [-0.2, 0) is 4.79 Å². The number of halogens is 1. The quantitative estimate of drug-likeness (QED) is 0.821. The molecule has 2 rings (SSSR count). The summed E-state index contributed by atoms with van der Waals surface area (Å²) in [6, 6.07) is 3.38. The zero-order valence-corrected chi connectivity index (χ0v) is 13.9. The van der Waals surface area contributed by atoms with E-state index in [1.54, 1.807) is 26.4 Å². The van der Waals surface area contributed by atoms with Crippen LogP contribution in [0, 0.1) is 0 Å². The van der Waals surface area contributed by atoms with Gasteiger partial charge in [-0.25, -0.2) is 0 Å². The summed E-state index contributed by atoms with van der Waals surface area (Å²) >= 11 is 3.49. The maximum absolute atomic E-state index is 11.9. The Balaban J connectivity index is 2.32. The van der Waals surface area contributed by atoms with E-state index in [0.717, 1.165) is 22.9 Å². The number of benzene rings is 1. The third kappa shape index (κ3) is 3.68. The van der Waals surface area contributed by atoms with Gasteiger partial charge in [-0.3, -0.25) is 10.1 Å². The molecule has 116 valence electrons. The smallest absolute Gasteiger partial charge is 0.239 e. The van der Waals surface area contributed by atoms with E-state index in [9.17, 15) is 4.79 Å². The molecular weight excluding hydrogens is 336 g/mol. The van der Waals surface area contributed by atoms with Crippen molar-refractivity contribution in [2.24, 2.45) is 5.73 Å². The van der Waals surface area contributed by atoms with Gasteiger partial charge in [0.05, 0.1) is 14.2 Å². The zero-order chi connectivity index (χ0) is 15.4. The predicted molar refractivity (Wildman–Crippen MR) is 84.6 cm³/mol. The Hall–Kier alpha value is -1.27. The molecule has 21 heavy (non-hydrogen) atoms. The number of rotatable bonds is 6. The Labute approximate surface area is 133 Å². The van der Waals surface area contributed by atoms with Gasteiger partial charge in [0.2, 0.25) is 5.91 Å². The van der Waals surface area contributed by atoms with Gasteiger partial charge in [-0.1, -0.05) is 28.8 Å². The number of hydrogen-bond donors (Lipinski definition) is 2. The van der Waals surface area contributed by atoms with E-state index in [1.165, 1.54) is 12.8 Å². The minimum Gasteiger partial charge on any atom is -0.493 e. The van der Waals surface area contributed by atoms with E-state index in [-0.39, 0.29) is 0 Å². The van der Waals surface area contributed by atoms with E-state index in [4.69, 9.17) is 15.2 Å². The normalized spacial score (nSPS) is 16.7. The summed E-state index contributed by atoms with van der Waals surface area (Å²) < 4.78 is 11.3. The second-order valence-corrected chi connectivity index (χ2v) is 6.07. The summed E-state index contributed by atoms with van der Waals surface area (Å²) in [5.41, 5.74) is 6.35. The van der Waals surface area contributed by atoms with Gasteiger partial charge >= 0.3 is 0 Å². The van der Waals surface area contributed by atoms with Gasteiger partial charge in [0.15, 0.2) is 11.5 Å². The van der Waals surface area contributed by atoms with E-state index in [0.29, 0.717) is 17.5 Å². The number of amides is 1. The van der Waals surface area contributed by atoms with Crippen molar-refractivity contribution in [1.82, 2.24) is 5.32 Å². The SMILES string of the molecule is COc1cc(Br)c(C(NC2CCCC2)C(N)=O)cc1OC. The van der Waals surface area contributed by atoms with E-state index in [2.05, 4.69) is 21.2 Å². The number of nitrogens with one attached hydrogen (secondary N) is 1. The van der Waals surface area contributed by atoms with Crippen LogP contribution < -0.4 is 20.5 Å². The molecule has 1 aliphatic carbocycles. The molecule has 0 radical (unpaired) electrons. The summed E-state index contributed by atoms with van der Waals surface area (Å²) in [5, 5.41) is 3.36. The molecule has 0 aliphatic heterocycles. The first-order valence-corrected chi connectivity index (χ1v) is 7.83. The Morgan fingerprint density at radius 3 is 2.38 bits per heavy atom. The Bertz CT molecular complexity index is 516. The van der Waals surface area contributed by atoms with Crippen LogP contribution >= 0.6 is 15.9 Å². The van der Waals surface area contributed by atoms with Crippen molar-refractivity contribution in [3.05, 3.63) is 22.2 Å². The lowest BCUT2D eigenvalue weighted by Crippen LogP contribution is -2.39. The summed E-state index contributed by atoms with van der Waals surface area (Å²) in [7, 11) is 3.14. The van der Waals surface area contributed by atoms with Gasteiger partial charge in [0.25, 0.3) is 0 Å². The first-order valence-electron chi connectivity index (χ1n) is 7.03. The summed E-state index contributed by atoms with van der Waals surface area (Å²) in [5.74, 6) is 0.794. The molecule has 0 aromatic heterocycles. The Morgan fingerprint density at radius 1 is 1.29 bits per heavy atom. The number of hydrogen-bond acceptors (Lipinski definition) is 4. The molecule has 1 saturated carbocycles. The molecule has 1 aromatic rings. The molecule has 0 saturated heterocycles. The third-order valence-corrected chi connectivity index (χ3v) is 4.54. The molecule has 1 aromatic carbocycles. The van der Waals surface area contributed by atoms with E-state index < -0.39 is 11.9 Å². The molecule has 0 bridgehead atoms. The zero-order valence-electron chi connectivity index (χ0n) is 12.3. The highest BCUT2D eigenvalue weighted by molar-refractivity contribution is 9.10. The lowest BCUT2D eigenvalue weighted by Gasteiger charge is -2.22. The molecule has 1 aliphatic rings.